The van der Waals surface area contributed by atoms with E-state index in [-0.39, 0.29) is 18.1 Å². The lowest BCUT2D eigenvalue weighted by Crippen LogP contribution is -2.21. The zero-order valence-corrected chi connectivity index (χ0v) is 17.4. The van der Waals surface area contributed by atoms with Crippen LogP contribution in [0.3, 0.4) is 0 Å². The number of carbonyl (C=O) groups excluding carboxylic acids is 2. The molecular weight excluding hydrogens is 400 g/mol. The SMILES string of the molecule is CCOC(=O)[C@H](Oc1ccc2c(c1)O/C(=C\c1sccc1C)C2=O)c1ccccc1. The molecule has 1 aromatic heterocycles. The van der Waals surface area contributed by atoms with Gasteiger partial charge in [0.15, 0.2) is 5.76 Å². The molecule has 4 rings (SSSR count). The molecule has 0 spiro atoms. The Balaban J connectivity index is 1.60. The largest absolute Gasteiger partial charge is 0.474 e. The summed E-state index contributed by atoms with van der Waals surface area (Å²) in [5.74, 6) is 0.452. The molecule has 1 atom stereocenters. The van der Waals surface area contributed by atoms with E-state index in [0.29, 0.717) is 22.6 Å². The van der Waals surface area contributed by atoms with E-state index in [0.717, 1.165) is 10.4 Å². The van der Waals surface area contributed by atoms with E-state index in [4.69, 9.17) is 14.2 Å². The van der Waals surface area contributed by atoms with Gasteiger partial charge in [0.25, 0.3) is 0 Å². The van der Waals surface area contributed by atoms with Crippen molar-refractivity contribution in [2.24, 2.45) is 0 Å². The van der Waals surface area contributed by atoms with Crippen LogP contribution < -0.4 is 9.47 Å². The van der Waals surface area contributed by atoms with E-state index >= 15 is 0 Å². The number of allylic oxidation sites excluding steroid dienone is 1. The van der Waals surface area contributed by atoms with Gasteiger partial charge < -0.3 is 14.2 Å². The highest BCUT2D eigenvalue weighted by Gasteiger charge is 2.29. The first kappa shape index (κ1) is 19.9. The number of hydrogen-bond donors (Lipinski definition) is 0. The van der Waals surface area contributed by atoms with Crippen LogP contribution in [0.15, 0.2) is 65.7 Å². The van der Waals surface area contributed by atoms with Crippen LogP contribution in [0.4, 0.5) is 0 Å². The average molecular weight is 420 g/mol. The molecule has 0 saturated heterocycles. The molecule has 0 fully saturated rings. The predicted molar refractivity (Wildman–Crippen MR) is 115 cm³/mol. The van der Waals surface area contributed by atoms with Gasteiger partial charge in [-0.2, -0.15) is 0 Å². The highest BCUT2D eigenvalue weighted by atomic mass is 32.1. The average Bonchev–Trinajstić information content (AvgIpc) is 3.30. The van der Waals surface area contributed by atoms with Gasteiger partial charge in [-0.3, -0.25) is 4.79 Å². The molecule has 30 heavy (non-hydrogen) atoms. The zero-order chi connectivity index (χ0) is 21.1. The summed E-state index contributed by atoms with van der Waals surface area (Å²) in [4.78, 5) is 26.1. The number of benzene rings is 2. The molecule has 5 nitrogen and oxygen atoms in total. The van der Waals surface area contributed by atoms with Gasteiger partial charge in [0.2, 0.25) is 11.9 Å². The van der Waals surface area contributed by atoms with E-state index in [1.165, 1.54) is 0 Å². The molecule has 2 heterocycles. The molecule has 0 N–H and O–H groups in total. The van der Waals surface area contributed by atoms with E-state index in [1.807, 2.05) is 36.6 Å². The van der Waals surface area contributed by atoms with Crippen molar-refractivity contribution >= 4 is 29.2 Å². The summed E-state index contributed by atoms with van der Waals surface area (Å²) >= 11 is 1.55. The molecule has 0 aliphatic carbocycles. The van der Waals surface area contributed by atoms with E-state index in [1.54, 1.807) is 54.7 Å². The van der Waals surface area contributed by atoms with E-state index < -0.39 is 12.1 Å². The highest BCUT2D eigenvalue weighted by Crippen LogP contribution is 2.37. The Morgan fingerprint density at radius 3 is 2.67 bits per heavy atom. The van der Waals surface area contributed by atoms with Gasteiger partial charge in [0.05, 0.1) is 12.2 Å². The lowest BCUT2D eigenvalue weighted by molar-refractivity contribution is -0.151. The van der Waals surface area contributed by atoms with Crippen molar-refractivity contribution in [3.8, 4) is 11.5 Å². The minimum atomic E-state index is -0.912. The summed E-state index contributed by atoms with van der Waals surface area (Å²) < 4.78 is 16.9. The lowest BCUT2D eigenvalue weighted by Gasteiger charge is -2.18. The second-order valence-corrected chi connectivity index (χ2v) is 7.67. The first-order valence-corrected chi connectivity index (χ1v) is 10.5. The molecule has 152 valence electrons. The van der Waals surface area contributed by atoms with Gasteiger partial charge >= 0.3 is 5.97 Å². The molecule has 0 unspecified atom stereocenters. The van der Waals surface area contributed by atoms with Gasteiger partial charge in [-0.05, 0) is 43.0 Å². The summed E-state index contributed by atoms with van der Waals surface area (Å²) in [5.41, 5.74) is 2.24. The molecular formula is C24H20O5S. The van der Waals surface area contributed by atoms with Crippen LogP contribution in [0.25, 0.3) is 6.08 Å². The van der Waals surface area contributed by atoms with E-state index in [2.05, 4.69) is 0 Å². The quantitative estimate of drug-likeness (QED) is 0.397. The van der Waals surface area contributed by atoms with Crippen molar-refractivity contribution in [2.75, 3.05) is 6.61 Å². The van der Waals surface area contributed by atoms with Crippen LogP contribution in [-0.4, -0.2) is 18.4 Å². The van der Waals surface area contributed by atoms with Crippen LogP contribution in [0.5, 0.6) is 11.5 Å². The number of Topliss-reactive ketones (excluding diaryl/α,β-unsaturated/α-hetero) is 1. The summed E-state index contributed by atoms with van der Waals surface area (Å²) in [7, 11) is 0. The van der Waals surface area contributed by atoms with Crippen LogP contribution in [0, 0.1) is 6.92 Å². The fraction of sp³-hybridized carbons (Fsp3) is 0.167. The molecule has 3 aromatic rings. The Kier molecular flexibility index (Phi) is 5.68. The Morgan fingerprint density at radius 1 is 1.17 bits per heavy atom. The summed E-state index contributed by atoms with van der Waals surface area (Å²) in [5, 5.41) is 1.97. The molecule has 1 aliphatic rings. The maximum Gasteiger partial charge on any atom is 0.352 e. The number of rotatable bonds is 6. The second-order valence-electron chi connectivity index (χ2n) is 6.73. The highest BCUT2D eigenvalue weighted by molar-refractivity contribution is 7.11. The number of fused-ring (bicyclic) bond motifs is 1. The summed E-state index contributed by atoms with van der Waals surface area (Å²) in [6, 6.07) is 16.1. The standard InChI is InChI=1S/C24H20O5S/c1-3-27-24(26)23(16-7-5-4-6-8-16)28-17-9-10-18-19(13-17)29-20(22(18)25)14-21-15(2)11-12-30-21/h4-14,23H,3H2,1-2H3/b20-14-/t23-/m1/s1. The number of thiophene rings is 1. The van der Waals surface area contributed by atoms with Gasteiger partial charge in [-0.25, -0.2) is 4.79 Å². The monoisotopic (exact) mass is 420 g/mol. The fourth-order valence-corrected chi connectivity index (χ4v) is 3.97. The predicted octanol–water partition coefficient (Wildman–Crippen LogP) is 5.36. The third-order valence-corrected chi connectivity index (χ3v) is 5.63. The van der Waals surface area contributed by atoms with Crippen molar-refractivity contribution in [1.29, 1.82) is 0 Å². The van der Waals surface area contributed by atoms with Crippen molar-refractivity contribution < 1.29 is 23.8 Å². The Morgan fingerprint density at radius 2 is 1.97 bits per heavy atom. The smallest absolute Gasteiger partial charge is 0.352 e. The third kappa shape index (κ3) is 4.00. The maximum absolute atomic E-state index is 12.7. The molecule has 1 aliphatic heterocycles. The Labute approximate surface area is 178 Å². The third-order valence-electron chi connectivity index (χ3n) is 4.66. The first-order chi connectivity index (χ1) is 14.6. The number of hydrogen-bond acceptors (Lipinski definition) is 6. The number of esters is 1. The van der Waals surface area contributed by atoms with Gasteiger partial charge in [0.1, 0.15) is 11.5 Å². The van der Waals surface area contributed by atoms with Crippen LogP contribution in [-0.2, 0) is 9.53 Å². The second kappa shape index (κ2) is 8.55. The minimum absolute atomic E-state index is 0.172. The topological polar surface area (TPSA) is 61.8 Å². The van der Waals surface area contributed by atoms with E-state index in [9.17, 15) is 9.59 Å². The first-order valence-electron chi connectivity index (χ1n) is 9.57. The number of carbonyl (C=O) groups is 2. The van der Waals surface area contributed by atoms with Crippen LogP contribution in [0.2, 0.25) is 0 Å². The van der Waals surface area contributed by atoms with Gasteiger partial charge in [-0.1, -0.05) is 30.3 Å². The lowest BCUT2D eigenvalue weighted by atomic mass is 10.1. The maximum atomic E-state index is 12.7. The minimum Gasteiger partial charge on any atom is -0.474 e. The number of aryl methyl sites for hydroxylation is 1. The summed E-state index contributed by atoms with van der Waals surface area (Å²) in [6.45, 7) is 3.99. The molecule has 2 aromatic carbocycles. The van der Waals surface area contributed by atoms with Gasteiger partial charge in [-0.15, -0.1) is 11.3 Å². The van der Waals surface area contributed by atoms with Crippen LogP contribution >= 0.6 is 11.3 Å². The molecule has 0 saturated carbocycles. The van der Waals surface area contributed by atoms with Crippen molar-refractivity contribution in [3.63, 3.8) is 0 Å². The van der Waals surface area contributed by atoms with Crippen molar-refractivity contribution in [3.05, 3.63) is 87.3 Å². The fourth-order valence-electron chi connectivity index (χ4n) is 3.13. The Bertz CT molecular complexity index is 1110. The van der Waals surface area contributed by atoms with Gasteiger partial charge in [0, 0.05) is 22.6 Å². The zero-order valence-electron chi connectivity index (χ0n) is 16.6. The number of ketones is 1. The molecule has 0 amide bonds. The Hall–Kier alpha value is -3.38. The number of ether oxygens (including phenoxy) is 3. The molecule has 0 radical (unpaired) electrons. The summed E-state index contributed by atoms with van der Waals surface area (Å²) in [6.07, 6.45) is 0.846. The normalized spacial score (nSPS) is 14.9. The molecule has 6 heteroatoms. The van der Waals surface area contributed by atoms with Crippen molar-refractivity contribution in [2.45, 2.75) is 20.0 Å². The van der Waals surface area contributed by atoms with Crippen molar-refractivity contribution in [1.82, 2.24) is 0 Å². The van der Waals surface area contributed by atoms with Crippen LogP contribution in [0.1, 0.15) is 39.4 Å². The molecule has 0 bridgehead atoms.